The lowest BCUT2D eigenvalue weighted by Gasteiger charge is -2.12. The summed E-state index contributed by atoms with van der Waals surface area (Å²) in [6.07, 6.45) is 1.81. The molecule has 0 unspecified atom stereocenters. The lowest BCUT2D eigenvalue weighted by molar-refractivity contribution is 1.08. The molecule has 0 spiro atoms. The van der Waals surface area contributed by atoms with E-state index in [1.54, 1.807) is 0 Å². The van der Waals surface area contributed by atoms with E-state index in [0.29, 0.717) is 0 Å². The van der Waals surface area contributed by atoms with Gasteiger partial charge in [-0.25, -0.2) is 4.98 Å². The first-order valence-corrected chi connectivity index (χ1v) is 11.1. The van der Waals surface area contributed by atoms with Crippen molar-refractivity contribution in [3.05, 3.63) is 115 Å². The standard InChI is InChI=1S/C30H19N3/c1-3-12-22-20(10-1)21-11-2-4-13-23(21)30-29(22)24-14-5-6-17-27(24)33(30)28-18-9-16-26(32-28)25-15-7-8-19-31-25/h1-19H. The molecule has 0 saturated heterocycles. The number of benzene rings is 4. The molecule has 0 saturated carbocycles. The van der Waals surface area contributed by atoms with Crippen LogP contribution in [0.3, 0.4) is 0 Å². The molecule has 154 valence electrons. The van der Waals surface area contributed by atoms with E-state index in [2.05, 4.69) is 94.5 Å². The molecule has 0 aliphatic carbocycles. The van der Waals surface area contributed by atoms with E-state index in [1.165, 1.54) is 37.8 Å². The number of nitrogens with zero attached hydrogens (tertiary/aromatic N) is 3. The van der Waals surface area contributed by atoms with Gasteiger partial charge in [0, 0.05) is 22.4 Å². The zero-order chi connectivity index (χ0) is 21.8. The monoisotopic (exact) mass is 421 g/mol. The Balaban J connectivity index is 1.69. The molecule has 0 N–H and O–H groups in total. The van der Waals surface area contributed by atoms with Crippen LogP contribution in [-0.4, -0.2) is 14.5 Å². The van der Waals surface area contributed by atoms with E-state index in [-0.39, 0.29) is 0 Å². The molecule has 7 rings (SSSR count). The molecule has 7 aromatic rings. The molecule has 0 radical (unpaired) electrons. The molecule has 3 heteroatoms. The summed E-state index contributed by atoms with van der Waals surface area (Å²) >= 11 is 0. The van der Waals surface area contributed by atoms with E-state index < -0.39 is 0 Å². The third-order valence-electron chi connectivity index (χ3n) is 6.43. The molecule has 33 heavy (non-hydrogen) atoms. The summed E-state index contributed by atoms with van der Waals surface area (Å²) in [6.45, 7) is 0. The molecule has 4 aromatic carbocycles. The van der Waals surface area contributed by atoms with Crippen molar-refractivity contribution < 1.29 is 0 Å². The molecular formula is C30H19N3. The van der Waals surface area contributed by atoms with Gasteiger partial charge in [0.05, 0.1) is 22.4 Å². The van der Waals surface area contributed by atoms with Crippen molar-refractivity contribution in [3.8, 4) is 17.2 Å². The van der Waals surface area contributed by atoms with Crippen molar-refractivity contribution in [3.63, 3.8) is 0 Å². The predicted octanol–water partition coefficient (Wildman–Crippen LogP) is 7.55. The van der Waals surface area contributed by atoms with E-state index in [4.69, 9.17) is 4.98 Å². The smallest absolute Gasteiger partial charge is 0.138 e. The normalized spacial score (nSPS) is 11.6. The van der Waals surface area contributed by atoms with Crippen LogP contribution in [0.25, 0.3) is 60.6 Å². The maximum absolute atomic E-state index is 5.07. The van der Waals surface area contributed by atoms with Crippen LogP contribution in [0.4, 0.5) is 0 Å². The van der Waals surface area contributed by atoms with Crippen LogP contribution in [0.15, 0.2) is 115 Å². The first-order valence-electron chi connectivity index (χ1n) is 11.1. The van der Waals surface area contributed by atoms with Crippen LogP contribution in [0.5, 0.6) is 0 Å². The largest absolute Gasteiger partial charge is 0.293 e. The van der Waals surface area contributed by atoms with Gasteiger partial charge in [-0.3, -0.25) is 9.55 Å². The van der Waals surface area contributed by atoms with E-state index >= 15 is 0 Å². The van der Waals surface area contributed by atoms with Crippen LogP contribution in [0, 0.1) is 0 Å². The van der Waals surface area contributed by atoms with Gasteiger partial charge in [0.2, 0.25) is 0 Å². The molecular weight excluding hydrogens is 402 g/mol. The Hall–Kier alpha value is -4.50. The SMILES string of the molecule is c1ccc(-c2cccc(-n3c4ccccc4c4c5ccccc5c5ccccc5c43)n2)nc1. The predicted molar refractivity (Wildman–Crippen MR) is 137 cm³/mol. The van der Waals surface area contributed by atoms with E-state index in [0.717, 1.165) is 22.7 Å². The fraction of sp³-hybridized carbons (Fsp3) is 0. The van der Waals surface area contributed by atoms with Crippen molar-refractivity contribution >= 4 is 43.4 Å². The van der Waals surface area contributed by atoms with Gasteiger partial charge in [-0.05, 0) is 46.5 Å². The molecule has 3 nitrogen and oxygen atoms in total. The van der Waals surface area contributed by atoms with Gasteiger partial charge in [-0.15, -0.1) is 0 Å². The highest BCUT2D eigenvalue weighted by Crippen LogP contribution is 2.41. The van der Waals surface area contributed by atoms with Crippen LogP contribution in [0.2, 0.25) is 0 Å². The third kappa shape index (κ3) is 2.63. The highest BCUT2D eigenvalue weighted by molar-refractivity contribution is 6.32. The van der Waals surface area contributed by atoms with Gasteiger partial charge >= 0.3 is 0 Å². The first-order chi connectivity index (χ1) is 16.4. The summed E-state index contributed by atoms with van der Waals surface area (Å²) in [6, 6.07) is 38.1. The number of hydrogen-bond donors (Lipinski definition) is 0. The summed E-state index contributed by atoms with van der Waals surface area (Å²) in [7, 11) is 0. The van der Waals surface area contributed by atoms with Crippen molar-refractivity contribution in [2.75, 3.05) is 0 Å². The maximum Gasteiger partial charge on any atom is 0.138 e. The number of fused-ring (bicyclic) bond motifs is 8. The second-order valence-corrected chi connectivity index (χ2v) is 8.26. The number of rotatable bonds is 2. The zero-order valence-corrected chi connectivity index (χ0v) is 17.8. The topological polar surface area (TPSA) is 30.7 Å². The molecule has 0 aliphatic heterocycles. The van der Waals surface area contributed by atoms with Crippen LogP contribution in [0.1, 0.15) is 0 Å². The Morgan fingerprint density at radius 1 is 0.485 bits per heavy atom. The molecule has 0 atom stereocenters. The second-order valence-electron chi connectivity index (χ2n) is 8.26. The molecule has 0 amide bonds. The van der Waals surface area contributed by atoms with Crippen molar-refractivity contribution in [1.29, 1.82) is 0 Å². The number of hydrogen-bond acceptors (Lipinski definition) is 2. The van der Waals surface area contributed by atoms with Gasteiger partial charge in [-0.1, -0.05) is 78.9 Å². The average molecular weight is 422 g/mol. The minimum Gasteiger partial charge on any atom is -0.293 e. The zero-order valence-electron chi connectivity index (χ0n) is 17.8. The van der Waals surface area contributed by atoms with Gasteiger partial charge in [0.15, 0.2) is 0 Å². The maximum atomic E-state index is 5.07. The second kappa shape index (κ2) is 7.01. The minimum atomic E-state index is 0.865. The third-order valence-corrected chi connectivity index (χ3v) is 6.43. The molecule has 3 heterocycles. The quantitative estimate of drug-likeness (QED) is 0.270. The molecule has 0 aliphatic rings. The Bertz CT molecular complexity index is 1810. The van der Waals surface area contributed by atoms with Crippen LogP contribution >= 0.6 is 0 Å². The van der Waals surface area contributed by atoms with Crippen molar-refractivity contribution in [2.45, 2.75) is 0 Å². The Kier molecular flexibility index (Phi) is 3.84. The van der Waals surface area contributed by atoms with Gasteiger partial charge in [0.1, 0.15) is 5.82 Å². The summed E-state index contributed by atoms with van der Waals surface area (Å²) < 4.78 is 2.31. The molecule has 0 bridgehead atoms. The number of pyridine rings is 2. The fourth-order valence-electron chi connectivity index (χ4n) is 5.07. The van der Waals surface area contributed by atoms with E-state index in [1.807, 2.05) is 30.5 Å². The Labute approximate surface area is 190 Å². The summed E-state index contributed by atoms with van der Waals surface area (Å²) in [5.74, 6) is 0.893. The van der Waals surface area contributed by atoms with Gasteiger partial charge in [0.25, 0.3) is 0 Å². The lowest BCUT2D eigenvalue weighted by Crippen LogP contribution is -1.99. The highest BCUT2D eigenvalue weighted by Gasteiger charge is 2.19. The van der Waals surface area contributed by atoms with Gasteiger partial charge in [-0.2, -0.15) is 0 Å². The molecule has 0 fully saturated rings. The fourth-order valence-corrected chi connectivity index (χ4v) is 5.07. The summed E-state index contributed by atoms with van der Waals surface area (Å²) in [4.78, 5) is 9.59. The highest BCUT2D eigenvalue weighted by atomic mass is 15.1. The van der Waals surface area contributed by atoms with Crippen LogP contribution < -0.4 is 0 Å². The average Bonchev–Trinajstić information content (AvgIpc) is 3.25. The van der Waals surface area contributed by atoms with Crippen molar-refractivity contribution in [2.24, 2.45) is 0 Å². The Morgan fingerprint density at radius 3 is 1.91 bits per heavy atom. The number of aromatic nitrogens is 3. The first kappa shape index (κ1) is 18.1. The minimum absolute atomic E-state index is 0.865. The Morgan fingerprint density at radius 2 is 1.12 bits per heavy atom. The lowest BCUT2D eigenvalue weighted by atomic mass is 9.97. The van der Waals surface area contributed by atoms with Crippen LogP contribution in [-0.2, 0) is 0 Å². The summed E-state index contributed by atoms with van der Waals surface area (Å²) in [5, 5.41) is 7.53. The van der Waals surface area contributed by atoms with E-state index in [9.17, 15) is 0 Å². The molecule has 3 aromatic heterocycles. The van der Waals surface area contributed by atoms with Gasteiger partial charge < -0.3 is 0 Å². The number of para-hydroxylation sites is 1. The summed E-state index contributed by atoms with van der Waals surface area (Å²) in [5.41, 5.74) is 4.08. The van der Waals surface area contributed by atoms with Crippen molar-refractivity contribution in [1.82, 2.24) is 14.5 Å².